The van der Waals surface area contributed by atoms with Crippen LogP contribution < -0.4 is 0 Å². The molecule has 1 unspecified atom stereocenters. The van der Waals surface area contributed by atoms with Gasteiger partial charge in [0.15, 0.2) is 7.85 Å². The molecule has 1 saturated heterocycles. The molecule has 0 aromatic rings. The van der Waals surface area contributed by atoms with Crippen molar-refractivity contribution in [2.45, 2.75) is 18.9 Å². The van der Waals surface area contributed by atoms with E-state index in [1.54, 1.807) is 14.2 Å². The summed E-state index contributed by atoms with van der Waals surface area (Å²) in [4.78, 5) is 26.2. The molecular formula is C9H20BFO5P+. The maximum Gasteiger partial charge on any atom is 0.424 e. The molecule has 1 atom stereocenters. The van der Waals surface area contributed by atoms with Crippen molar-refractivity contribution in [1.82, 2.24) is 0 Å². The van der Waals surface area contributed by atoms with Crippen molar-refractivity contribution in [1.29, 1.82) is 0 Å². The van der Waals surface area contributed by atoms with E-state index in [9.17, 15) is 4.39 Å². The summed E-state index contributed by atoms with van der Waals surface area (Å²) in [5.74, 6) is 0. The highest BCUT2D eigenvalue weighted by molar-refractivity contribution is 7.65. The molecule has 1 fully saturated rings. The van der Waals surface area contributed by atoms with Gasteiger partial charge in [0.05, 0.1) is 18.5 Å². The van der Waals surface area contributed by atoms with Crippen LogP contribution in [0.5, 0.6) is 0 Å². The summed E-state index contributed by atoms with van der Waals surface area (Å²) in [6.07, 6.45) is 2.92. The maximum absolute atomic E-state index is 9.50. The Morgan fingerprint density at radius 2 is 1.88 bits per heavy atom. The normalized spacial score (nSPS) is 19.9. The number of hydrogen-bond acceptors (Lipinski definition) is 5. The number of ether oxygens (including phenoxy) is 2. The topological polar surface area (TPSA) is 79.2 Å². The lowest BCUT2D eigenvalue weighted by molar-refractivity contribution is 0.145. The Morgan fingerprint density at radius 1 is 1.41 bits per heavy atom. The lowest BCUT2D eigenvalue weighted by Crippen LogP contribution is -2.03. The van der Waals surface area contributed by atoms with Gasteiger partial charge >= 0.3 is 7.94 Å². The second-order valence-electron chi connectivity index (χ2n) is 3.12. The lowest BCUT2D eigenvalue weighted by Gasteiger charge is -2.07. The fourth-order valence-electron chi connectivity index (χ4n) is 1.02. The molecule has 100 valence electrons. The zero-order valence-corrected chi connectivity index (χ0v) is 11.2. The van der Waals surface area contributed by atoms with Crippen LogP contribution in [0.15, 0.2) is 11.3 Å². The summed E-state index contributed by atoms with van der Waals surface area (Å²) >= 11 is 0. The average molecular weight is 269 g/mol. The first-order chi connectivity index (χ1) is 7.91. The molecule has 1 heterocycles. The molecule has 17 heavy (non-hydrogen) atoms. The van der Waals surface area contributed by atoms with E-state index in [0.29, 0.717) is 13.8 Å². The summed E-state index contributed by atoms with van der Waals surface area (Å²) in [5.41, 5.74) is 0. The Bertz CT molecular complexity index is 204. The Morgan fingerprint density at radius 3 is 2.18 bits per heavy atom. The Balaban J connectivity index is 0. The van der Waals surface area contributed by atoms with Crippen LogP contribution in [0.3, 0.4) is 0 Å². The van der Waals surface area contributed by atoms with E-state index in [4.69, 9.17) is 27.3 Å². The first kappa shape index (κ1) is 19.3. The second kappa shape index (κ2) is 11.1. The second-order valence-corrected chi connectivity index (χ2v) is 4.77. The van der Waals surface area contributed by atoms with Gasteiger partial charge in [-0.2, -0.15) is 14.7 Å². The fraction of sp³-hybridized carbons (Fsp3) is 0.778. The molecule has 1 aliphatic heterocycles. The van der Waals surface area contributed by atoms with Crippen LogP contribution >= 0.6 is 7.94 Å². The van der Waals surface area contributed by atoms with Crippen molar-refractivity contribution in [3.05, 3.63) is 11.3 Å². The van der Waals surface area contributed by atoms with Crippen LogP contribution in [0.4, 0.5) is 4.39 Å². The molecule has 2 radical (unpaired) electrons. The van der Waals surface area contributed by atoms with Gasteiger partial charge in [0.2, 0.25) is 0 Å². The predicted octanol–water partition coefficient (Wildman–Crippen LogP) is 0.763. The van der Waals surface area contributed by atoms with E-state index in [1.807, 2.05) is 0 Å². The van der Waals surface area contributed by atoms with E-state index in [-0.39, 0.29) is 11.3 Å². The predicted molar refractivity (Wildman–Crippen MR) is 66.4 cm³/mol. The third kappa shape index (κ3) is 10.8. The van der Waals surface area contributed by atoms with Crippen LogP contribution in [0.1, 0.15) is 12.8 Å². The number of hydrogen-bond donors (Lipinski definition) is 3. The molecule has 0 amide bonds. The van der Waals surface area contributed by atoms with Crippen molar-refractivity contribution in [2.24, 2.45) is 0 Å². The van der Waals surface area contributed by atoms with Crippen LogP contribution in [-0.4, -0.2) is 56.6 Å². The van der Waals surface area contributed by atoms with Gasteiger partial charge in [-0.05, 0) is 18.9 Å². The third-order valence-corrected chi connectivity index (χ3v) is 2.51. The standard InChI is InChI=1S/C6H11BO4P.C2H6O.CH3F/c7-6(12(8,9)10)4-5-2-1-3-11-5;1-3-2;1-2/h4-5,8-10H,1-3H2;1-2H3;1H3/q+1;;/b6-4+;;. The van der Waals surface area contributed by atoms with Gasteiger partial charge in [-0.3, -0.25) is 4.39 Å². The van der Waals surface area contributed by atoms with Crippen molar-refractivity contribution in [3.8, 4) is 0 Å². The van der Waals surface area contributed by atoms with Gasteiger partial charge in [-0.15, -0.1) is 0 Å². The Kier molecular flexibility index (Phi) is 12.6. The third-order valence-electron chi connectivity index (χ3n) is 1.67. The molecule has 0 aliphatic carbocycles. The molecule has 0 aromatic heterocycles. The summed E-state index contributed by atoms with van der Waals surface area (Å²) in [7, 11) is 4.96. The summed E-state index contributed by atoms with van der Waals surface area (Å²) in [5, 5.41) is -0.283. The Labute approximate surface area is 103 Å². The molecule has 5 nitrogen and oxygen atoms in total. The highest BCUT2D eigenvalue weighted by atomic mass is 31.2. The van der Waals surface area contributed by atoms with Crippen molar-refractivity contribution >= 4 is 15.8 Å². The van der Waals surface area contributed by atoms with Gasteiger partial charge in [-0.1, -0.05) is 0 Å². The minimum absolute atomic E-state index is 0.184. The van der Waals surface area contributed by atoms with Gasteiger partial charge in [0.1, 0.15) is 0 Å². The molecular weight excluding hydrogens is 249 g/mol. The highest BCUT2D eigenvalue weighted by Crippen LogP contribution is 2.52. The van der Waals surface area contributed by atoms with Crippen molar-refractivity contribution in [2.75, 3.05) is 28.0 Å². The van der Waals surface area contributed by atoms with Gasteiger partial charge in [0, 0.05) is 20.8 Å². The maximum atomic E-state index is 9.50. The summed E-state index contributed by atoms with van der Waals surface area (Å²) in [6, 6.07) is 0. The summed E-state index contributed by atoms with van der Waals surface area (Å²) < 4.78 is 18.9. The van der Waals surface area contributed by atoms with E-state index in [1.165, 1.54) is 6.08 Å². The largest absolute Gasteiger partial charge is 0.424 e. The highest BCUT2D eigenvalue weighted by Gasteiger charge is 2.33. The minimum atomic E-state index is -4.00. The Hall–Kier alpha value is -0.0351. The molecule has 0 bridgehead atoms. The van der Waals surface area contributed by atoms with E-state index in [0.717, 1.165) is 12.8 Å². The monoisotopic (exact) mass is 269 g/mol. The van der Waals surface area contributed by atoms with E-state index < -0.39 is 7.94 Å². The van der Waals surface area contributed by atoms with Crippen LogP contribution in [0.2, 0.25) is 0 Å². The van der Waals surface area contributed by atoms with Gasteiger partial charge < -0.3 is 9.47 Å². The lowest BCUT2D eigenvalue weighted by atomic mass is 10.1. The molecule has 0 spiro atoms. The number of methoxy groups -OCH3 is 1. The van der Waals surface area contributed by atoms with Crippen LogP contribution in [-0.2, 0) is 9.47 Å². The van der Waals surface area contributed by atoms with Gasteiger partial charge in [-0.25, -0.2) is 0 Å². The molecule has 8 heteroatoms. The summed E-state index contributed by atoms with van der Waals surface area (Å²) in [6.45, 7) is 0.655. The number of rotatable bonds is 2. The van der Waals surface area contributed by atoms with Crippen molar-refractivity contribution < 1.29 is 28.5 Å². The van der Waals surface area contributed by atoms with Crippen LogP contribution in [0, 0.1) is 0 Å². The van der Waals surface area contributed by atoms with Gasteiger partial charge in [0.25, 0.3) is 0 Å². The van der Waals surface area contributed by atoms with Crippen LogP contribution in [0.25, 0.3) is 0 Å². The quantitative estimate of drug-likeness (QED) is 0.509. The average Bonchev–Trinajstić information content (AvgIpc) is 2.73. The molecule has 3 N–H and O–H groups in total. The first-order valence-corrected chi connectivity index (χ1v) is 6.51. The molecule has 0 aromatic carbocycles. The smallest absolute Gasteiger partial charge is 0.388 e. The fourth-order valence-corrected chi connectivity index (χ4v) is 1.39. The van der Waals surface area contributed by atoms with E-state index >= 15 is 0 Å². The minimum Gasteiger partial charge on any atom is -0.388 e. The number of alkyl halides is 1. The molecule has 1 aliphatic rings. The number of halogens is 1. The SMILES string of the molecule is CF.COC.[B]/C(=C\C1CCCO1)[P+](O)(O)O. The molecule has 1 rings (SSSR count). The molecule has 0 saturated carbocycles. The first-order valence-electron chi connectivity index (χ1n) is 4.86. The zero-order valence-electron chi connectivity index (χ0n) is 10.3. The van der Waals surface area contributed by atoms with E-state index in [2.05, 4.69) is 4.74 Å². The zero-order chi connectivity index (χ0) is 13.9. The van der Waals surface area contributed by atoms with Crippen molar-refractivity contribution in [3.63, 3.8) is 0 Å².